The van der Waals surface area contributed by atoms with Gasteiger partial charge in [-0.05, 0) is 65.2 Å². The molecule has 0 radical (unpaired) electrons. The molecule has 1 aromatic heterocycles. The SMILES string of the molecule is CNC(=O)c1cc(Cl)cc(Cn2ccc(-c3cc(OC)ccc3-c3ccc(C(=O)OC)cc3)n2)c1. The molecule has 0 fully saturated rings. The van der Waals surface area contributed by atoms with E-state index >= 15 is 0 Å². The van der Waals surface area contributed by atoms with E-state index in [9.17, 15) is 9.59 Å². The summed E-state index contributed by atoms with van der Waals surface area (Å²) in [5, 5.41) is 7.86. The van der Waals surface area contributed by atoms with Crippen LogP contribution in [0.5, 0.6) is 5.75 Å². The van der Waals surface area contributed by atoms with Gasteiger partial charge in [0, 0.05) is 29.4 Å². The Hall–Kier alpha value is -4.10. The molecule has 3 aromatic carbocycles. The highest BCUT2D eigenvalue weighted by atomic mass is 35.5. The van der Waals surface area contributed by atoms with E-state index in [-0.39, 0.29) is 11.9 Å². The fraction of sp³-hybridized carbons (Fsp3) is 0.148. The van der Waals surface area contributed by atoms with Crippen LogP contribution in [0.4, 0.5) is 0 Å². The molecule has 4 rings (SSSR count). The third-order valence-electron chi connectivity index (χ3n) is 5.55. The van der Waals surface area contributed by atoms with E-state index in [1.165, 1.54) is 7.11 Å². The first-order valence-corrected chi connectivity index (χ1v) is 11.2. The first-order chi connectivity index (χ1) is 16.9. The largest absolute Gasteiger partial charge is 0.497 e. The van der Waals surface area contributed by atoms with Crippen LogP contribution in [0, 0.1) is 0 Å². The van der Waals surface area contributed by atoms with Gasteiger partial charge in [-0.2, -0.15) is 5.10 Å². The molecular weight excluding hydrogens is 466 g/mol. The van der Waals surface area contributed by atoms with Crippen LogP contribution in [-0.2, 0) is 11.3 Å². The Morgan fingerprint density at radius 3 is 2.40 bits per heavy atom. The minimum absolute atomic E-state index is 0.200. The van der Waals surface area contributed by atoms with Crippen molar-refractivity contribution in [1.82, 2.24) is 15.1 Å². The number of nitrogens with one attached hydrogen (secondary N) is 1. The van der Waals surface area contributed by atoms with Gasteiger partial charge in [0.25, 0.3) is 5.91 Å². The van der Waals surface area contributed by atoms with E-state index in [2.05, 4.69) is 5.32 Å². The van der Waals surface area contributed by atoms with Crippen molar-refractivity contribution in [1.29, 1.82) is 0 Å². The lowest BCUT2D eigenvalue weighted by Gasteiger charge is -2.11. The zero-order chi connectivity index (χ0) is 24.9. The maximum absolute atomic E-state index is 12.0. The number of hydrogen-bond donors (Lipinski definition) is 1. The van der Waals surface area contributed by atoms with Gasteiger partial charge in [0.05, 0.1) is 32.0 Å². The molecule has 0 aliphatic carbocycles. The minimum atomic E-state index is -0.383. The summed E-state index contributed by atoms with van der Waals surface area (Å²) in [5.74, 6) is 0.120. The Morgan fingerprint density at radius 2 is 1.71 bits per heavy atom. The van der Waals surface area contributed by atoms with Crippen molar-refractivity contribution >= 4 is 23.5 Å². The lowest BCUT2D eigenvalue weighted by atomic mass is 9.96. The highest BCUT2D eigenvalue weighted by Gasteiger charge is 2.14. The van der Waals surface area contributed by atoms with E-state index in [1.54, 1.807) is 43.1 Å². The molecule has 1 N–H and O–H groups in total. The smallest absolute Gasteiger partial charge is 0.337 e. The average molecular weight is 490 g/mol. The summed E-state index contributed by atoms with van der Waals surface area (Å²) >= 11 is 6.23. The predicted molar refractivity (Wildman–Crippen MR) is 135 cm³/mol. The van der Waals surface area contributed by atoms with Gasteiger partial charge in [-0.1, -0.05) is 29.8 Å². The quantitative estimate of drug-likeness (QED) is 0.366. The predicted octanol–water partition coefficient (Wildman–Crippen LogP) is 5.07. The Kier molecular flexibility index (Phi) is 7.17. The summed E-state index contributed by atoms with van der Waals surface area (Å²) in [6.07, 6.45) is 1.87. The van der Waals surface area contributed by atoms with E-state index in [1.807, 2.05) is 48.7 Å². The monoisotopic (exact) mass is 489 g/mol. The third kappa shape index (κ3) is 5.36. The lowest BCUT2D eigenvalue weighted by Crippen LogP contribution is -2.18. The fourth-order valence-corrected chi connectivity index (χ4v) is 4.07. The summed E-state index contributed by atoms with van der Waals surface area (Å²) in [5.41, 5.74) is 5.33. The van der Waals surface area contributed by atoms with Crippen molar-refractivity contribution in [3.05, 3.63) is 94.6 Å². The van der Waals surface area contributed by atoms with Gasteiger partial charge in [0.2, 0.25) is 0 Å². The summed E-state index contributed by atoms with van der Waals surface area (Å²) in [6.45, 7) is 0.442. The second kappa shape index (κ2) is 10.4. The topological polar surface area (TPSA) is 82.5 Å². The molecule has 178 valence electrons. The van der Waals surface area contributed by atoms with Crippen LogP contribution in [0.3, 0.4) is 0 Å². The van der Waals surface area contributed by atoms with Crippen molar-refractivity contribution in [2.45, 2.75) is 6.54 Å². The maximum atomic E-state index is 12.0. The number of esters is 1. The second-order valence-corrected chi connectivity index (χ2v) is 8.24. The van der Waals surface area contributed by atoms with Gasteiger partial charge < -0.3 is 14.8 Å². The molecule has 8 heteroatoms. The van der Waals surface area contributed by atoms with Gasteiger partial charge >= 0.3 is 5.97 Å². The zero-order valence-electron chi connectivity index (χ0n) is 19.5. The normalized spacial score (nSPS) is 10.6. The second-order valence-electron chi connectivity index (χ2n) is 7.81. The van der Waals surface area contributed by atoms with Crippen molar-refractivity contribution in [3.8, 4) is 28.1 Å². The average Bonchev–Trinajstić information content (AvgIpc) is 3.35. The van der Waals surface area contributed by atoms with E-state index < -0.39 is 0 Å². The number of methoxy groups -OCH3 is 2. The highest BCUT2D eigenvalue weighted by molar-refractivity contribution is 6.31. The number of benzene rings is 3. The molecule has 1 amide bonds. The van der Waals surface area contributed by atoms with Crippen molar-refractivity contribution < 1.29 is 19.1 Å². The van der Waals surface area contributed by atoms with E-state index in [0.717, 1.165) is 27.9 Å². The van der Waals surface area contributed by atoms with E-state index in [4.69, 9.17) is 26.2 Å². The Labute approximate surface area is 208 Å². The van der Waals surface area contributed by atoms with Crippen LogP contribution < -0.4 is 10.1 Å². The van der Waals surface area contributed by atoms with Crippen LogP contribution in [0.15, 0.2) is 72.9 Å². The molecule has 0 spiro atoms. The number of carbonyl (C=O) groups excluding carboxylic acids is 2. The van der Waals surface area contributed by atoms with Gasteiger partial charge in [-0.25, -0.2) is 4.79 Å². The molecule has 35 heavy (non-hydrogen) atoms. The molecule has 0 aliphatic heterocycles. The van der Waals surface area contributed by atoms with E-state index in [0.29, 0.717) is 28.4 Å². The van der Waals surface area contributed by atoms with Crippen LogP contribution in [-0.4, -0.2) is 42.9 Å². The summed E-state index contributed by atoms with van der Waals surface area (Å²) in [7, 11) is 4.56. The number of hydrogen-bond acceptors (Lipinski definition) is 5. The van der Waals surface area contributed by atoms with Gasteiger partial charge in [-0.3, -0.25) is 9.48 Å². The molecule has 0 saturated heterocycles. The number of ether oxygens (including phenoxy) is 2. The minimum Gasteiger partial charge on any atom is -0.497 e. The van der Waals surface area contributed by atoms with Crippen LogP contribution >= 0.6 is 11.6 Å². The molecule has 4 aromatic rings. The summed E-state index contributed by atoms with van der Waals surface area (Å²) in [6, 6.07) is 20.2. The molecular formula is C27H24ClN3O4. The van der Waals surface area contributed by atoms with Crippen molar-refractivity contribution in [2.24, 2.45) is 0 Å². The molecule has 7 nitrogen and oxygen atoms in total. The van der Waals surface area contributed by atoms with Crippen molar-refractivity contribution in [2.75, 3.05) is 21.3 Å². The Bertz CT molecular complexity index is 1380. The van der Waals surface area contributed by atoms with Crippen LogP contribution in [0.2, 0.25) is 5.02 Å². The number of amides is 1. The first-order valence-electron chi connectivity index (χ1n) is 10.8. The third-order valence-corrected chi connectivity index (χ3v) is 5.77. The summed E-state index contributed by atoms with van der Waals surface area (Å²) in [4.78, 5) is 23.8. The maximum Gasteiger partial charge on any atom is 0.337 e. The highest BCUT2D eigenvalue weighted by Crippen LogP contribution is 2.34. The first kappa shape index (κ1) is 24.0. The van der Waals surface area contributed by atoms with Crippen molar-refractivity contribution in [3.63, 3.8) is 0 Å². The number of aromatic nitrogens is 2. The fourth-order valence-electron chi connectivity index (χ4n) is 3.82. The Morgan fingerprint density at radius 1 is 0.943 bits per heavy atom. The molecule has 0 aliphatic rings. The lowest BCUT2D eigenvalue weighted by molar-refractivity contribution is 0.0600. The standard InChI is InChI=1S/C27H24ClN3O4/c1-29-26(32)20-12-17(13-21(28)14-20)16-31-11-10-25(30-31)24-15-22(34-2)8-9-23(24)18-4-6-19(7-5-18)27(33)35-3/h4-15H,16H2,1-3H3,(H,29,32). The molecule has 1 heterocycles. The van der Waals surface area contributed by atoms with Gasteiger partial charge in [-0.15, -0.1) is 0 Å². The zero-order valence-corrected chi connectivity index (χ0v) is 20.3. The molecule has 0 bridgehead atoms. The molecule has 0 atom stereocenters. The number of halogens is 1. The number of carbonyl (C=O) groups is 2. The molecule has 0 unspecified atom stereocenters. The van der Waals surface area contributed by atoms with Gasteiger partial charge in [0.1, 0.15) is 5.75 Å². The molecule has 0 saturated carbocycles. The van der Waals surface area contributed by atoms with Crippen LogP contribution in [0.25, 0.3) is 22.4 Å². The number of rotatable bonds is 7. The summed E-state index contributed by atoms with van der Waals surface area (Å²) < 4.78 is 12.0. The van der Waals surface area contributed by atoms with Crippen LogP contribution in [0.1, 0.15) is 26.3 Å². The van der Waals surface area contributed by atoms with Gasteiger partial charge in [0.15, 0.2) is 0 Å². The number of nitrogens with zero attached hydrogens (tertiary/aromatic N) is 2. The Balaban J connectivity index is 1.68.